The van der Waals surface area contributed by atoms with Crippen LogP contribution < -0.4 is 10.6 Å². The molecule has 0 fully saturated rings. The number of hydrogen-bond donors (Lipinski definition) is 3. The van der Waals surface area contributed by atoms with E-state index in [0.29, 0.717) is 21.4 Å². The zero-order chi connectivity index (χ0) is 14.3. The molecule has 0 saturated carbocycles. The summed E-state index contributed by atoms with van der Waals surface area (Å²) >= 11 is 4.88. The molecular formula is C14H11N3O2S. The van der Waals surface area contributed by atoms with E-state index in [0.717, 1.165) is 10.8 Å². The number of aryl methyl sites for hydroxylation is 1. The summed E-state index contributed by atoms with van der Waals surface area (Å²) in [6.45, 7) is 1.95. The Morgan fingerprint density at radius 2 is 2.15 bits per heavy atom. The van der Waals surface area contributed by atoms with Crippen LogP contribution in [0.1, 0.15) is 11.3 Å². The quantitative estimate of drug-likeness (QED) is 0.542. The number of carbonyl (C=O) groups is 1. The molecule has 0 saturated heterocycles. The van der Waals surface area contributed by atoms with E-state index in [1.807, 2.05) is 25.1 Å². The average molecular weight is 285 g/mol. The van der Waals surface area contributed by atoms with Gasteiger partial charge in [0.25, 0.3) is 5.91 Å². The summed E-state index contributed by atoms with van der Waals surface area (Å²) in [5.74, 6) is -0.443. The van der Waals surface area contributed by atoms with Crippen LogP contribution in [0, 0.1) is 11.7 Å². The van der Waals surface area contributed by atoms with Crippen molar-refractivity contribution in [2.75, 3.05) is 0 Å². The van der Waals surface area contributed by atoms with Gasteiger partial charge in [0, 0.05) is 10.8 Å². The molecule has 5 nitrogen and oxygen atoms in total. The monoisotopic (exact) mass is 285 g/mol. The van der Waals surface area contributed by atoms with Crippen LogP contribution in [0.2, 0.25) is 0 Å². The summed E-state index contributed by atoms with van der Waals surface area (Å²) in [7, 11) is 0. The molecule has 0 aliphatic carbocycles. The first-order valence-electron chi connectivity index (χ1n) is 5.97. The van der Waals surface area contributed by atoms with Gasteiger partial charge in [-0.1, -0.05) is 12.1 Å². The smallest absolute Gasteiger partial charge is 0.277 e. The van der Waals surface area contributed by atoms with Crippen LogP contribution in [0.4, 0.5) is 0 Å². The van der Waals surface area contributed by atoms with Crippen molar-refractivity contribution < 1.29 is 9.90 Å². The lowest BCUT2D eigenvalue weighted by Crippen LogP contribution is -2.30. The summed E-state index contributed by atoms with van der Waals surface area (Å²) in [6, 6.07) is 5.73. The second-order valence-electron chi connectivity index (χ2n) is 4.56. The lowest BCUT2D eigenvalue weighted by molar-refractivity contribution is -0.114. The second kappa shape index (κ2) is 4.57. The van der Waals surface area contributed by atoms with Gasteiger partial charge in [-0.25, -0.2) is 4.99 Å². The van der Waals surface area contributed by atoms with Crippen molar-refractivity contribution in [3.05, 3.63) is 50.4 Å². The highest BCUT2D eigenvalue weighted by atomic mass is 32.1. The number of carbonyl (C=O) groups excluding carboxylic acids is 1. The molecule has 0 bridgehead atoms. The van der Waals surface area contributed by atoms with E-state index in [4.69, 9.17) is 12.2 Å². The molecule has 1 aromatic heterocycles. The number of fused-ring (bicyclic) bond motifs is 1. The van der Waals surface area contributed by atoms with Gasteiger partial charge in [-0.15, -0.1) is 0 Å². The maximum atomic E-state index is 12.0. The molecule has 100 valence electrons. The van der Waals surface area contributed by atoms with Crippen molar-refractivity contribution in [2.24, 2.45) is 4.99 Å². The Bertz CT molecular complexity index is 919. The fourth-order valence-electron chi connectivity index (χ4n) is 2.03. The number of benzene rings is 1. The molecule has 0 spiro atoms. The molecule has 3 N–H and O–H groups in total. The number of aromatic amines is 2. The zero-order valence-corrected chi connectivity index (χ0v) is 11.4. The number of aromatic hydroxyl groups is 1. The van der Waals surface area contributed by atoms with E-state index < -0.39 is 0 Å². The maximum absolute atomic E-state index is 12.0. The number of nitrogens with one attached hydrogen (secondary N) is 2. The molecule has 20 heavy (non-hydrogen) atoms. The van der Waals surface area contributed by atoms with Crippen molar-refractivity contribution in [3.8, 4) is 5.88 Å². The van der Waals surface area contributed by atoms with Gasteiger partial charge in [0.05, 0.1) is 5.36 Å². The lowest BCUT2D eigenvalue weighted by atomic mass is 10.1. The van der Waals surface area contributed by atoms with Crippen molar-refractivity contribution in [1.82, 2.24) is 9.97 Å². The van der Waals surface area contributed by atoms with Crippen molar-refractivity contribution in [2.45, 2.75) is 6.92 Å². The predicted molar refractivity (Wildman–Crippen MR) is 77.1 cm³/mol. The van der Waals surface area contributed by atoms with Gasteiger partial charge in [0.1, 0.15) is 5.69 Å². The number of hydrogen-bond acceptors (Lipinski definition) is 3. The van der Waals surface area contributed by atoms with E-state index >= 15 is 0 Å². The van der Waals surface area contributed by atoms with Crippen LogP contribution in [-0.4, -0.2) is 21.0 Å². The van der Waals surface area contributed by atoms with Crippen molar-refractivity contribution >= 4 is 30.3 Å². The third-order valence-corrected chi connectivity index (χ3v) is 3.21. The third kappa shape index (κ3) is 2.21. The van der Waals surface area contributed by atoms with E-state index in [1.54, 1.807) is 6.08 Å². The molecule has 6 heteroatoms. The number of amides is 1. The molecule has 2 heterocycles. The average Bonchev–Trinajstić information content (AvgIpc) is 2.69. The minimum atomic E-state index is -0.344. The molecule has 1 aliphatic heterocycles. The van der Waals surface area contributed by atoms with Gasteiger partial charge in [-0.2, -0.15) is 0 Å². The molecule has 1 aromatic carbocycles. The third-order valence-electron chi connectivity index (χ3n) is 3.00. The van der Waals surface area contributed by atoms with E-state index in [2.05, 4.69) is 15.0 Å². The largest absolute Gasteiger partial charge is 0.493 e. The van der Waals surface area contributed by atoms with Gasteiger partial charge in [0.2, 0.25) is 5.88 Å². The van der Waals surface area contributed by atoms with Gasteiger partial charge in [-0.3, -0.25) is 4.79 Å². The van der Waals surface area contributed by atoms with Gasteiger partial charge < -0.3 is 15.1 Å². The summed E-state index contributed by atoms with van der Waals surface area (Å²) in [6.07, 6.45) is 3.27. The van der Waals surface area contributed by atoms with Crippen LogP contribution in [-0.2, 0) is 4.79 Å². The number of imidazole rings is 1. The predicted octanol–water partition coefficient (Wildman–Crippen LogP) is 1.11. The highest BCUT2D eigenvalue weighted by Gasteiger charge is 2.12. The van der Waals surface area contributed by atoms with E-state index in [1.165, 1.54) is 6.08 Å². The highest BCUT2D eigenvalue weighted by molar-refractivity contribution is 7.71. The molecular weight excluding hydrogens is 274 g/mol. The number of aromatic nitrogens is 2. The molecule has 3 rings (SSSR count). The topological polar surface area (TPSA) is 81.2 Å². The van der Waals surface area contributed by atoms with Gasteiger partial charge in [-0.05, 0) is 42.9 Å². The van der Waals surface area contributed by atoms with Gasteiger partial charge >= 0.3 is 0 Å². The Balaban J connectivity index is 2.17. The summed E-state index contributed by atoms with van der Waals surface area (Å²) in [4.78, 5) is 21.4. The summed E-state index contributed by atoms with van der Waals surface area (Å²) < 4.78 is 0.297. The first-order chi connectivity index (χ1) is 9.52. The second-order valence-corrected chi connectivity index (χ2v) is 4.97. The fraction of sp³-hybridized carbons (Fsp3) is 0.0714. The summed E-state index contributed by atoms with van der Waals surface area (Å²) in [5.41, 5.74) is 1.80. The summed E-state index contributed by atoms with van der Waals surface area (Å²) in [5, 5.41) is 11.2. The Morgan fingerprint density at radius 1 is 1.35 bits per heavy atom. The lowest BCUT2D eigenvalue weighted by Gasteiger charge is -2.03. The van der Waals surface area contributed by atoms with E-state index in [9.17, 15) is 9.90 Å². The van der Waals surface area contributed by atoms with Crippen LogP contribution in [0.25, 0.3) is 12.2 Å². The van der Waals surface area contributed by atoms with Crippen molar-refractivity contribution in [3.63, 3.8) is 0 Å². The van der Waals surface area contributed by atoms with Crippen LogP contribution in [0.3, 0.4) is 0 Å². The minimum absolute atomic E-state index is 0.0987. The molecule has 2 aromatic rings. The van der Waals surface area contributed by atoms with Gasteiger partial charge in [0.15, 0.2) is 4.77 Å². The maximum Gasteiger partial charge on any atom is 0.277 e. The highest BCUT2D eigenvalue weighted by Crippen LogP contribution is 2.17. The Labute approximate surface area is 119 Å². The van der Waals surface area contributed by atoms with Crippen molar-refractivity contribution in [1.29, 1.82) is 0 Å². The normalized spacial score (nSPS) is 15.7. The van der Waals surface area contributed by atoms with E-state index in [-0.39, 0.29) is 11.8 Å². The SMILES string of the molecule is Cc1ccc2c(c1)=NC(=O)C(=Cc1[nH]c(=S)[nH]c1O)C=2. The Kier molecular flexibility index (Phi) is 2.87. The number of rotatable bonds is 1. The molecule has 1 amide bonds. The minimum Gasteiger partial charge on any atom is -0.493 e. The zero-order valence-electron chi connectivity index (χ0n) is 10.6. The molecule has 0 atom stereocenters. The molecule has 1 aliphatic rings. The first kappa shape index (κ1) is 12.6. The first-order valence-corrected chi connectivity index (χ1v) is 6.38. The van der Waals surface area contributed by atoms with Crippen LogP contribution >= 0.6 is 12.2 Å². The van der Waals surface area contributed by atoms with Crippen LogP contribution in [0.15, 0.2) is 28.8 Å². The fourth-order valence-corrected chi connectivity index (χ4v) is 2.23. The van der Waals surface area contributed by atoms with Crippen LogP contribution in [0.5, 0.6) is 5.88 Å². The Morgan fingerprint density at radius 3 is 2.85 bits per heavy atom. The molecule has 0 radical (unpaired) electrons. The molecule has 0 unspecified atom stereocenters. The standard InChI is InChI=1S/C14H11N3O2S/c1-7-2-3-8-5-9(12(18)15-10(8)4-7)6-11-13(19)17-14(20)16-11/h2-6,19H,1H3,(H2,16,17,20). The number of nitrogens with zero attached hydrogens (tertiary/aromatic N) is 1. The Hall–Kier alpha value is -2.47. The number of H-pyrrole nitrogens is 2.